The maximum Gasteiger partial charge on any atom is 0.223 e. The van der Waals surface area contributed by atoms with Gasteiger partial charge >= 0.3 is 0 Å². The van der Waals surface area contributed by atoms with Crippen LogP contribution in [0.3, 0.4) is 0 Å². The van der Waals surface area contributed by atoms with Crippen LogP contribution in [0.1, 0.15) is 20.8 Å². The second-order valence-electron chi connectivity index (χ2n) is 6.44. The Bertz CT molecular complexity index is 874. The molecule has 0 radical (unpaired) electrons. The SMILES string of the molecule is COCCOc1cc2c(OC(C)C)nc(/N=C(N)\C=C(\C)N)cc2cc1OC. The Morgan fingerprint density at radius 3 is 2.50 bits per heavy atom. The molecule has 0 saturated carbocycles. The lowest BCUT2D eigenvalue weighted by atomic mass is 10.1. The molecule has 1 heterocycles. The van der Waals surface area contributed by atoms with Gasteiger partial charge in [-0.3, -0.25) is 0 Å². The Kier molecular flexibility index (Phi) is 7.45. The Labute approximate surface area is 165 Å². The molecule has 28 heavy (non-hydrogen) atoms. The molecule has 1 aromatic carbocycles. The summed E-state index contributed by atoms with van der Waals surface area (Å²) in [7, 11) is 3.21. The number of nitrogens with two attached hydrogens (primary N) is 2. The quantitative estimate of drug-likeness (QED) is 0.386. The van der Waals surface area contributed by atoms with E-state index < -0.39 is 0 Å². The van der Waals surface area contributed by atoms with Crippen molar-refractivity contribution >= 4 is 22.4 Å². The van der Waals surface area contributed by atoms with Crippen LogP contribution in [0.4, 0.5) is 5.82 Å². The summed E-state index contributed by atoms with van der Waals surface area (Å²) in [6.45, 7) is 6.46. The van der Waals surface area contributed by atoms with Crippen LogP contribution in [0.15, 0.2) is 35.0 Å². The number of allylic oxidation sites excluding steroid dienone is 1. The van der Waals surface area contributed by atoms with Gasteiger partial charge in [-0.2, -0.15) is 4.98 Å². The molecule has 1 aromatic heterocycles. The monoisotopic (exact) mass is 388 g/mol. The maximum absolute atomic E-state index is 5.91. The van der Waals surface area contributed by atoms with Crippen molar-refractivity contribution in [2.75, 3.05) is 27.4 Å². The van der Waals surface area contributed by atoms with E-state index in [4.69, 9.17) is 30.4 Å². The van der Waals surface area contributed by atoms with Crippen LogP contribution in [0.25, 0.3) is 10.8 Å². The first kappa shape index (κ1) is 21.3. The van der Waals surface area contributed by atoms with Gasteiger partial charge in [0.25, 0.3) is 0 Å². The number of aliphatic imine (C=N–C) groups is 1. The van der Waals surface area contributed by atoms with Gasteiger partial charge in [-0.05, 0) is 50.4 Å². The van der Waals surface area contributed by atoms with E-state index >= 15 is 0 Å². The number of pyridine rings is 1. The van der Waals surface area contributed by atoms with E-state index in [0.29, 0.717) is 42.1 Å². The first-order valence-corrected chi connectivity index (χ1v) is 8.93. The number of ether oxygens (including phenoxy) is 4. The molecule has 0 saturated heterocycles. The number of hydrogen-bond acceptors (Lipinski definition) is 7. The van der Waals surface area contributed by atoms with Gasteiger partial charge in [-0.1, -0.05) is 0 Å². The molecule has 2 aromatic rings. The van der Waals surface area contributed by atoms with Crippen molar-refractivity contribution < 1.29 is 18.9 Å². The summed E-state index contributed by atoms with van der Waals surface area (Å²) >= 11 is 0. The molecular weight excluding hydrogens is 360 g/mol. The zero-order chi connectivity index (χ0) is 20.7. The molecule has 0 atom stereocenters. The molecule has 0 bridgehead atoms. The highest BCUT2D eigenvalue weighted by Crippen LogP contribution is 2.37. The van der Waals surface area contributed by atoms with Gasteiger partial charge in [0.15, 0.2) is 17.3 Å². The van der Waals surface area contributed by atoms with E-state index in [0.717, 1.165) is 10.8 Å². The van der Waals surface area contributed by atoms with Crippen LogP contribution >= 0.6 is 0 Å². The molecule has 8 heteroatoms. The van der Waals surface area contributed by atoms with Gasteiger partial charge in [0.05, 0.1) is 19.8 Å². The summed E-state index contributed by atoms with van der Waals surface area (Å²) in [4.78, 5) is 8.81. The third kappa shape index (κ3) is 5.75. The summed E-state index contributed by atoms with van der Waals surface area (Å²) in [6, 6.07) is 5.50. The number of hydrogen-bond donors (Lipinski definition) is 2. The first-order chi connectivity index (χ1) is 13.3. The average molecular weight is 388 g/mol. The van der Waals surface area contributed by atoms with Crippen LogP contribution in [0, 0.1) is 0 Å². The molecule has 0 fully saturated rings. The summed E-state index contributed by atoms with van der Waals surface area (Å²) in [5, 5.41) is 1.62. The number of nitrogens with zero attached hydrogens (tertiary/aromatic N) is 2. The van der Waals surface area contributed by atoms with E-state index in [2.05, 4.69) is 9.98 Å². The smallest absolute Gasteiger partial charge is 0.223 e. The van der Waals surface area contributed by atoms with Crippen molar-refractivity contribution in [2.24, 2.45) is 16.5 Å². The standard InChI is InChI=1S/C20H28N4O4/c1-12(2)28-20-15-11-17(27-7-6-25-4)16(26-5)9-14(15)10-19(24-20)23-18(22)8-13(3)21/h8-12H,6-7,21H2,1-5H3,(H2,22,23,24)/b13-8-. The van der Waals surface area contributed by atoms with Crippen molar-refractivity contribution in [3.63, 3.8) is 0 Å². The molecule has 0 aliphatic rings. The van der Waals surface area contributed by atoms with Gasteiger partial charge in [-0.25, -0.2) is 4.99 Å². The molecular formula is C20H28N4O4. The van der Waals surface area contributed by atoms with Gasteiger partial charge < -0.3 is 30.4 Å². The lowest BCUT2D eigenvalue weighted by Crippen LogP contribution is -2.11. The lowest BCUT2D eigenvalue weighted by Gasteiger charge is -2.15. The van der Waals surface area contributed by atoms with Crippen molar-refractivity contribution in [3.05, 3.63) is 30.0 Å². The predicted molar refractivity (Wildman–Crippen MR) is 111 cm³/mol. The fraction of sp³-hybridized carbons (Fsp3) is 0.400. The molecule has 4 N–H and O–H groups in total. The predicted octanol–water partition coefficient (Wildman–Crippen LogP) is 2.91. The zero-order valence-corrected chi connectivity index (χ0v) is 17.0. The molecule has 0 aliphatic heterocycles. The number of fused-ring (bicyclic) bond motifs is 1. The second kappa shape index (κ2) is 9.80. The van der Waals surface area contributed by atoms with Crippen molar-refractivity contribution in [1.29, 1.82) is 0 Å². The van der Waals surface area contributed by atoms with E-state index in [-0.39, 0.29) is 11.9 Å². The number of rotatable bonds is 9. The van der Waals surface area contributed by atoms with E-state index in [1.54, 1.807) is 33.3 Å². The molecule has 0 unspecified atom stereocenters. The molecule has 0 amide bonds. The van der Waals surface area contributed by atoms with E-state index in [1.807, 2.05) is 26.0 Å². The Morgan fingerprint density at radius 2 is 1.89 bits per heavy atom. The van der Waals surface area contributed by atoms with Crippen molar-refractivity contribution in [3.8, 4) is 17.4 Å². The topological polar surface area (TPSA) is 114 Å². The zero-order valence-electron chi connectivity index (χ0n) is 17.0. The number of amidine groups is 1. The fourth-order valence-corrected chi connectivity index (χ4v) is 2.49. The molecule has 0 aliphatic carbocycles. The van der Waals surface area contributed by atoms with Gasteiger partial charge in [0.1, 0.15) is 12.4 Å². The fourth-order valence-electron chi connectivity index (χ4n) is 2.49. The third-order valence-electron chi connectivity index (χ3n) is 3.58. The molecule has 8 nitrogen and oxygen atoms in total. The third-order valence-corrected chi connectivity index (χ3v) is 3.58. The van der Waals surface area contributed by atoms with Crippen molar-refractivity contribution in [2.45, 2.75) is 26.9 Å². The first-order valence-electron chi connectivity index (χ1n) is 8.93. The molecule has 2 rings (SSSR count). The Balaban J connectivity index is 2.59. The number of aromatic nitrogens is 1. The highest BCUT2D eigenvalue weighted by molar-refractivity contribution is 5.95. The maximum atomic E-state index is 5.91. The highest BCUT2D eigenvalue weighted by Gasteiger charge is 2.14. The number of methoxy groups -OCH3 is 2. The summed E-state index contributed by atoms with van der Waals surface area (Å²) < 4.78 is 22.2. The van der Waals surface area contributed by atoms with Gasteiger partial charge in [0.2, 0.25) is 5.88 Å². The van der Waals surface area contributed by atoms with Crippen molar-refractivity contribution in [1.82, 2.24) is 4.98 Å². The largest absolute Gasteiger partial charge is 0.493 e. The minimum atomic E-state index is -0.0709. The van der Waals surface area contributed by atoms with Gasteiger partial charge in [-0.15, -0.1) is 0 Å². The molecule has 152 valence electrons. The molecule has 0 spiro atoms. The van der Waals surface area contributed by atoms with E-state index in [1.165, 1.54) is 0 Å². The average Bonchev–Trinajstić information content (AvgIpc) is 2.60. The second-order valence-corrected chi connectivity index (χ2v) is 6.44. The highest BCUT2D eigenvalue weighted by atomic mass is 16.5. The number of benzene rings is 1. The minimum Gasteiger partial charge on any atom is -0.493 e. The van der Waals surface area contributed by atoms with Crippen LogP contribution in [0.5, 0.6) is 17.4 Å². The van der Waals surface area contributed by atoms with Crippen LogP contribution in [-0.2, 0) is 4.74 Å². The normalized spacial score (nSPS) is 12.5. The van der Waals surface area contributed by atoms with Crippen LogP contribution in [0.2, 0.25) is 0 Å². The minimum absolute atomic E-state index is 0.0709. The van der Waals surface area contributed by atoms with E-state index in [9.17, 15) is 0 Å². The summed E-state index contributed by atoms with van der Waals surface area (Å²) in [5.74, 6) is 2.28. The Hall–Kier alpha value is -3.00. The van der Waals surface area contributed by atoms with Crippen LogP contribution in [-0.4, -0.2) is 44.4 Å². The van der Waals surface area contributed by atoms with Gasteiger partial charge in [0, 0.05) is 18.2 Å². The Morgan fingerprint density at radius 1 is 1.14 bits per heavy atom. The van der Waals surface area contributed by atoms with Crippen LogP contribution < -0.4 is 25.7 Å². The summed E-state index contributed by atoms with van der Waals surface area (Å²) in [6.07, 6.45) is 1.50. The lowest BCUT2D eigenvalue weighted by molar-refractivity contribution is 0.144. The summed E-state index contributed by atoms with van der Waals surface area (Å²) in [5.41, 5.74) is 12.1.